The largest absolute Gasteiger partial charge is 0.354 e. The molecule has 1 rings (SSSR count). The summed E-state index contributed by atoms with van der Waals surface area (Å²) in [4.78, 5) is 26.7. The topological polar surface area (TPSA) is 49.4 Å². The number of carbonyl (C=O) groups excluding carboxylic acids is 2. The van der Waals surface area contributed by atoms with Gasteiger partial charge in [0, 0.05) is 19.5 Å². The summed E-state index contributed by atoms with van der Waals surface area (Å²) in [5.74, 6) is -0.138. The van der Waals surface area contributed by atoms with Crippen LogP contribution in [0.25, 0.3) is 0 Å². The van der Waals surface area contributed by atoms with Crippen molar-refractivity contribution < 1.29 is 14.0 Å². The summed E-state index contributed by atoms with van der Waals surface area (Å²) in [7, 11) is 0. The molecule has 0 aromatic heterocycles. The smallest absolute Gasteiger partial charge is 0.242 e. The van der Waals surface area contributed by atoms with Crippen molar-refractivity contribution in [2.24, 2.45) is 5.92 Å². The molecule has 0 aliphatic heterocycles. The number of hydrogen-bond donors (Lipinski definition) is 1. The van der Waals surface area contributed by atoms with Crippen molar-refractivity contribution in [2.75, 3.05) is 6.54 Å². The molecule has 0 unspecified atom stereocenters. The molecule has 0 saturated carbocycles. The van der Waals surface area contributed by atoms with Crippen LogP contribution in [0.4, 0.5) is 4.39 Å². The van der Waals surface area contributed by atoms with Crippen LogP contribution in [0.3, 0.4) is 0 Å². The summed E-state index contributed by atoms with van der Waals surface area (Å²) in [5, 5.41) is 2.91. The molecule has 0 heterocycles. The van der Waals surface area contributed by atoms with Crippen molar-refractivity contribution in [3.05, 3.63) is 35.6 Å². The average Bonchev–Trinajstić information content (AvgIpc) is 2.54. The Balaban J connectivity index is 2.94. The van der Waals surface area contributed by atoms with Crippen LogP contribution in [0.5, 0.6) is 0 Å². The lowest BCUT2D eigenvalue weighted by molar-refractivity contribution is -0.141. The molecule has 2 amide bonds. The predicted molar refractivity (Wildman–Crippen MR) is 93.8 cm³/mol. The zero-order valence-electron chi connectivity index (χ0n) is 15.1. The van der Waals surface area contributed by atoms with Gasteiger partial charge in [-0.3, -0.25) is 9.59 Å². The van der Waals surface area contributed by atoms with Crippen LogP contribution in [-0.2, 0) is 16.1 Å². The van der Waals surface area contributed by atoms with Crippen LogP contribution >= 0.6 is 0 Å². The van der Waals surface area contributed by atoms with Crippen molar-refractivity contribution in [2.45, 2.75) is 59.5 Å². The molecule has 0 spiro atoms. The molecule has 1 aromatic rings. The van der Waals surface area contributed by atoms with Crippen LogP contribution in [0.15, 0.2) is 24.3 Å². The van der Waals surface area contributed by atoms with Gasteiger partial charge in [0.2, 0.25) is 11.8 Å². The lowest BCUT2D eigenvalue weighted by atomic mass is 10.1. The Morgan fingerprint density at radius 1 is 1.17 bits per heavy atom. The monoisotopic (exact) mass is 336 g/mol. The molecule has 1 N–H and O–H groups in total. The van der Waals surface area contributed by atoms with Crippen molar-refractivity contribution in [1.29, 1.82) is 0 Å². The van der Waals surface area contributed by atoms with E-state index in [4.69, 9.17) is 0 Å². The first-order valence-corrected chi connectivity index (χ1v) is 8.70. The molecule has 4 nitrogen and oxygen atoms in total. The number of amides is 2. The Hall–Kier alpha value is -1.91. The highest BCUT2D eigenvalue weighted by Crippen LogP contribution is 2.15. The molecular weight excluding hydrogens is 307 g/mol. The van der Waals surface area contributed by atoms with E-state index in [-0.39, 0.29) is 17.6 Å². The predicted octanol–water partition coefficient (Wildman–Crippen LogP) is 3.51. The minimum absolute atomic E-state index is 0.0478. The van der Waals surface area contributed by atoms with E-state index < -0.39 is 6.04 Å². The van der Waals surface area contributed by atoms with Gasteiger partial charge in [0.1, 0.15) is 11.9 Å². The third-order valence-corrected chi connectivity index (χ3v) is 3.80. The third-order valence-electron chi connectivity index (χ3n) is 3.80. The molecule has 24 heavy (non-hydrogen) atoms. The molecule has 0 bridgehead atoms. The molecule has 1 aromatic carbocycles. The molecule has 0 aliphatic carbocycles. The molecule has 1 atom stereocenters. The Kier molecular flexibility index (Phi) is 8.44. The van der Waals surface area contributed by atoms with Gasteiger partial charge in [0.25, 0.3) is 0 Å². The first kappa shape index (κ1) is 20.1. The second kappa shape index (κ2) is 10.1. The number of benzene rings is 1. The van der Waals surface area contributed by atoms with Crippen LogP contribution in [0.2, 0.25) is 0 Å². The van der Waals surface area contributed by atoms with Gasteiger partial charge in [-0.05, 0) is 36.5 Å². The highest BCUT2D eigenvalue weighted by atomic mass is 19.1. The molecule has 134 valence electrons. The van der Waals surface area contributed by atoms with Crippen molar-refractivity contribution in [1.82, 2.24) is 10.2 Å². The molecule has 0 radical (unpaired) electrons. The third kappa shape index (κ3) is 6.30. The van der Waals surface area contributed by atoms with E-state index in [0.717, 1.165) is 12.0 Å². The van der Waals surface area contributed by atoms with E-state index in [1.165, 1.54) is 12.1 Å². The first-order valence-electron chi connectivity index (χ1n) is 8.70. The van der Waals surface area contributed by atoms with E-state index in [2.05, 4.69) is 5.32 Å². The summed E-state index contributed by atoms with van der Waals surface area (Å²) < 4.78 is 13.1. The van der Waals surface area contributed by atoms with Crippen LogP contribution < -0.4 is 5.32 Å². The van der Waals surface area contributed by atoms with E-state index >= 15 is 0 Å². The van der Waals surface area contributed by atoms with Gasteiger partial charge in [0.15, 0.2) is 0 Å². The number of rotatable bonds is 9. The second-order valence-electron chi connectivity index (χ2n) is 6.46. The molecule has 0 fully saturated rings. The standard InChI is InChI=1S/C19H29FN2O2/c1-5-7-18(23)22(13-15-8-10-16(20)11-9-15)17(6-2)19(24)21-12-14(3)4/h8-11,14,17H,5-7,12-13H2,1-4H3,(H,21,24)/t17-/m1/s1. The minimum atomic E-state index is -0.507. The van der Waals surface area contributed by atoms with E-state index in [1.807, 2.05) is 27.7 Å². The van der Waals surface area contributed by atoms with Gasteiger partial charge in [-0.1, -0.05) is 39.8 Å². The van der Waals surface area contributed by atoms with Gasteiger partial charge >= 0.3 is 0 Å². The fourth-order valence-electron chi connectivity index (χ4n) is 2.49. The summed E-state index contributed by atoms with van der Waals surface area (Å²) in [6.07, 6.45) is 1.67. The van der Waals surface area contributed by atoms with Crippen LogP contribution in [0.1, 0.15) is 52.5 Å². The Morgan fingerprint density at radius 2 is 1.79 bits per heavy atom. The van der Waals surface area contributed by atoms with Crippen molar-refractivity contribution >= 4 is 11.8 Å². The first-order chi connectivity index (χ1) is 11.4. The Morgan fingerprint density at radius 3 is 2.29 bits per heavy atom. The number of halogens is 1. The van der Waals surface area contributed by atoms with Crippen LogP contribution in [-0.4, -0.2) is 29.3 Å². The number of nitrogens with zero attached hydrogens (tertiary/aromatic N) is 1. The summed E-state index contributed by atoms with van der Waals surface area (Å²) in [6, 6.07) is 5.54. The minimum Gasteiger partial charge on any atom is -0.354 e. The zero-order chi connectivity index (χ0) is 18.1. The van der Waals surface area contributed by atoms with Gasteiger partial charge < -0.3 is 10.2 Å². The Bertz CT molecular complexity index is 529. The maximum atomic E-state index is 13.1. The number of carbonyl (C=O) groups is 2. The fraction of sp³-hybridized carbons (Fsp3) is 0.579. The molecule has 5 heteroatoms. The summed E-state index contributed by atoms with van der Waals surface area (Å²) >= 11 is 0. The lowest BCUT2D eigenvalue weighted by Crippen LogP contribution is -2.49. The van der Waals surface area contributed by atoms with E-state index in [1.54, 1.807) is 17.0 Å². The number of hydrogen-bond acceptors (Lipinski definition) is 2. The molecule has 0 aliphatic rings. The van der Waals surface area contributed by atoms with Gasteiger partial charge in [-0.2, -0.15) is 0 Å². The zero-order valence-corrected chi connectivity index (χ0v) is 15.1. The van der Waals surface area contributed by atoms with Gasteiger partial charge in [0.05, 0.1) is 0 Å². The fourth-order valence-corrected chi connectivity index (χ4v) is 2.49. The maximum absolute atomic E-state index is 13.1. The number of nitrogens with one attached hydrogen (secondary N) is 1. The quantitative estimate of drug-likeness (QED) is 0.750. The van der Waals surface area contributed by atoms with E-state index in [9.17, 15) is 14.0 Å². The molecular formula is C19H29FN2O2. The normalized spacial score (nSPS) is 12.1. The Labute approximate surface area is 144 Å². The summed E-state index contributed by atoms with van der Waals surface area (Å²) in [5.41, 5.74) is 0.816. The van der Waals surface area contributed by atoms with Crippen molar-refractivity contribution in [3.63, 3.8) is 0 Å². The lowest BCUT2D eigenvalue weighted by Gasteiger charge is -2.31. The van der Waals surface area contributed by atoms with E-state index in [0.29, 0.717) is 31.8 Å². The van der Waals surface area contributed by atoms with Gasteiger partial charge in [-0.25, -0.2) is 4.39 Å². The average molecular weight is 336 g/mol. The highest BCUT2D eigenvalue weighted by molar-refractivity contribution is 5.87. The van der Waals surface area contributed by atoms with Crippen molar-refractivity contribution in [3.8, 4) is 0 Å². The maximum Gasteiger partial charge on any atom is 0.242 e. The second-order valence-corrected chi connectivity index (χ2v) is 6.46. The van der Waals surface area contributed by atoms with Crippen LogP contribution in [0, 0.1) is 11.7 Å². The highest BCUT2D eigenvalue weighted by Gasteiger charge is 2.28. The summed E-state index contributed by atoms with van der Waals surface area (Å²) in [6.45, 7) is 8.79. The molecule has 0 saturated heterocycles. The SMILES string of the molecule is CCCC(=O)N(Cc1ccc(F)cc1)[C@H](CC)C(=O)NCC(C)C. The van der Waals surface area contributed by atoms with Gasteiger partial charge in [-0.15, -0.1) is 0 Å².